The smallest absolute Gasteiger partial charge is 0.406 e. The molecule has 0 atom stereocenters. The molecule has 0 unspecified atom stereocenters. The van der Waals surface area contributed by atoms with Gasteiger partial charge in [0.05, 0.1) is 11.3 Å². The lowest BCUT2D eigenvalue weighted by Crippen LogP contribution is -2.23. The quantitative estimate of drug-likeness (QED) is 0.764. The molecule has 0 saturated carbocycles. The van der Waals surface area contributed by atoms with Crippen LogP contribution in [-0.4, -0.2) is 18.3 Å². The maximum absolute atomic E-state index is 12.1. The molecule has 2 aromatic rings. The number of amides is 3. The van der Waals surface area contributed by atoms with E-state index < -0.39 is 24.1 Å². The summed E-state index contributed by atoms with van der Waals surface area (Å²) in [5.74, 6) is -1.10. The van der Waals surface area contributed by atoms with Gasteiger partial charge in [0.15, 0.2) is 0 Å². The third kappa shape index (κ3) is 5.13. The third-order valence-electron chi connectivity index (χ3n) is 3.33. The summed E-state index contributed by atoms with van der Waals surface area (Å²) in [5.41, 5.74) is 7.44. The molecule has 0 aliphatic heterocycles. The topological polar surface area (TPSA) is 93.4 Å². The highest BCUT2D eigenvalue weighted by Crippen LogP contribution is 2.25. The van der Waals surface area contributed by atoms with Gasteiger partial charge in [-0.25, -0.2) is 4.79 Å². The van der Waals surface area contributed by atoms with E-state index in [-0.39, 0.29) is 16.9 Å². The average Bonchev–Trinajstić information content (AvgIpc) is 2.50. The Morgan fingerprint density at radius 1 is 1.04 bits per heavy atom. The second kappa shape index (κ2) is 7.34. The number of carbonyl (C=O) groups is 2. The molecular formula is C17H16F3N3O3. The summed E-state index contributed by atoms with van der Waals surface area (Å²) in [5, 5.41) is 4.98. The lowest BCUT2D eigenvalue weighted by atomic mass is 10.0. The number of nitrogens with two attached hydrogens (primary N) is 1. The molecule has 0 fully saturated rings. The van der Waals surface area contributed by atoms with E-state index in [2.05, 4.69) is 15.4 Å². The Kier molecular flexibility index (Phi) is 5.39. The summed E-state index contributed by atoms with van der Waals surface area (Å²) in [4.78, 5) is 23.7. The first-order valence-corrected chi connectivity index (χ1v) is 7.40. The predicted octanol–water partition coefficient (Wildman–Crippen LogP) is 3.94. The highest BCUT2D eigenvalue weighted by molar-refractivity contribution is 6.07. The number of hydrogen-bond donors (Lipinski definition) is 3. The van der Waals surface area contributed by atoms with E-state index in [1.807, 2.05) is 0 Å². The van der Waals surface area contributed by atoms with Crippen LogP contribution in [0.15, 0.2) is 36.4 Å². The number of primary amides is 1. The maximum atomic E-state index is 12.1. The maximum Gasteiger partial charge on any atom is 0.573 e. The number of carbonyl (C=O) groups excluding carboxylic acids is 2. The third-order valence-corrected chi connectivity index (χ3v) is 3.33. The Morgan fingerprint density at radius 2 is 1.65 bits per heavy atom. The van der Waals surface area contributed by atoms with Gasteiger partial charge < -0.3 is 21.1 Å². The summed E-state index contributed by atoms with van der Waals surface area (Å²) in [6, 6.07) is 7.27. The van der Waals surface area contributed by atoms with Gasteiger partial charge in [-0.3, -0.25) is 4.79 Å². The number of halogens is 3. The lowest BCUT2D eigenvalue weighted by molar-refractivity contribution is -0.274. The molecule has 138 valence electrons. The van der Waals surface area contributed by atoms with E-state index in [0.29, 0.717) is 5.56 Å². The Labute approximate surface area is 147 Å². The van der Waals surface area contributed by atoms with E-state index >= 15 is 0 Å². The van der Waals surface area contributed by atoms with Crippen molar-refractivity contribution in [2.75, 3.05) is 10.6 Å². The zero-order chi connectivity index (χ0) is 19.5. The van der Waals surface area contributed by atoms with E-state index in [4.69, 9.17) is 5.73 Å². The van der Waals surface area contributed by atoms with Gasteiger partial charge in [-0.1, -0.05) is 6.07 Å². The summed E-state index contributed by atoms with van der Waals surface area (Å²) in [6.07, 6.45) is -4.79. The number of nitrogens with one attached hydrogen (secondary N) is 2. The first-order chi connectivity index (χ1) is 12.0. The van der Waals surface area contributed by atoms with Crippen LogP contribution in [0.4, 0.5) is 29.3 Å². The average molecular weight is 367 g/mol. The SMILES string of the molecule is Cc1cc(C)c(NC(=O)Nc2ccc(OC(F)(F)F)cc2)c(C(N)=O)c1. The Bertz CT molecular complexity index is 834. The fourth-order valence-corrected chi connectivity index (χ4v) is 2.34. The van der Waals surface area contributed by atoms with Gasteiger partial charge in [0, 0.05) is 5.69 Å². The van der Waals surface area contributed by atoms with Crippen molar-refractivity contribution in [1.29, 1.82) is 0 Å². The monoisotopic (exact) mass is 367 g/mol. The summed E-state index contributed by atoms with van der Waals surface area (Å²) in [6.45, 7) is 3.49. The van der Waals surface area contributed by atoms with E-state index in [1.165, 1.54) is 12.1 Å². The lowest BCUT2D eigenvalue weighted by Gasteiger charge is -2.14. The number of aryl methyl sites for hydroxylation is 2. The van der Waals surface area contributed by atoms with Crippen molar-refractivity contribution in [3.8, 4) is 5.75 Å². The molecule has 0 aliphatic carbocycles. The Balaban J connectivity index is 2.11. The number of urea groups is 1. The molecule has 9 heteroatoms. The van der Waals surface area contributed by atoms with Crippen LogP contribution in [0.3, 0.4) is 0 Å². The first-order valence-electron chi connectivity index (χ1n) is 7.40. The molecule has 6 nitrogen and oxygen atoms in total. The zero-order valence-corrected chi connectivity index (χ0v) is 13.9. The van der Waals surface area contributed by atoms with Gasteiger partial charge in [-0.15, -0.1) is 13.2 Å². The number of hydrogen-bond acceptors (Lipinski definition) is 3. The molecule has 2 aromatic carbocycles. The molecule has 0 bridgehead atoms. The van der Waals surface area contributed by atoms with Gasteiger partial charge in [0.2, 0.25) is 0 Å². The fourth-order valence-electron chi connectivity index (χ4n) is 2.34. The minimum absolute atomic E-state index is 0.159. The number of benzene rings is 2. The van der Waals surface area contributed by atoms with E-state index in [0.717, 1.165) is 17.7 Å². The van der Waals surface area contributed by atoms with Crippen LogP contribution in [-0.2, 0) is 0 Å². The predicted molar refractivity (Wildman–Crippen MR) is 90.2 cm³/mol. The fraction of sp³-hybridized carbons (Fsp3) is 0.176. The normalized spacial score (nSPS) is 11.0. The van der Waals surface area contributed by atoms with Crippen molar-refractivity contribution in [3.63, 3.8) is 0 Å². The van der Waals surface area contributed by atoms with Crippen molar-refractivity contribution in [2.45, 2.75) is 20.2 Å². The summed E-state index contributed by atoms with van der Waals surface area (Å²) in [7, 11) is 0. The van der Waals surface area contributed by atoms with Crippen LogP contribution >= 0.6 is 0 Å². The number of anilines is 2. The van der Waals surface area contributed by atoms with Crippen LogP contribution in [0.5, 0.6) is 5.75 Å². The molecule has 0 saturated heterocycles. The minimum atomic E-state index is -4.79. The standard InChI is InChI=1S/C17H16F3N3O3/c1-9-7-10(2)14(13(8-9)15(21)24)23-16(25)22-11-3-5-12(6-4-11)26-17(18,19)20/h3-8H,1-2H3,(H2,21,24)(H2,22,23,25). The second-order valence-corrected chi connectivity index (χ2v) is 5.52. The molecule has 0 radical (unpaired) electrons. The van der Waals surface area contributed by atoms with Crippen LogP contribution in [0.1, 0.15) is 21.5 Å². The molecule has 0 spiro atoms. The molecule has 2 rings (SSSR count). The van der Waals surface area contributed by atoms with Crippen molar-refractivity contribution in [2.24, 2.45) is 5.73 Å². The van der Waals surface area contributed by atoms with Crippen molar-refractivity contribution >= 4 is 23.3 Å². The molecular weight excluding hydrogens is 351 g/mol. The van der Waals surface area contributed by atoms with Crippen LogP contribution in [0.25, 0.3) is 0 Å². The number of rotatable bonds is 4. The first kappa shape index (κ1) is 19.1. The van der Waals surface area contributed by atoms with Crippen LogP contribution < -0.4 is 21.1 Å². The minimum Gasteiger partial charge on any atom is -0.406 e. The largest absolute Gasteiger partial charge is 0.573 e. The molecule has 26 heavy (non-hydrogen) atoms. The molecule has 4 N–H and O–H groups in total. The Morgan fingerprint density at radius 3 is 2.19 bits per heavy atom. The highest BCUT2D eigenvalue weighted by Gasteiger charge is 2.30. The van der Waals surface area contributed by atoms with Gasteiger partial charge in [-0.05, 0) is 55.3 Å². The van der Waals surface area contributed by atoms with Crippen molar-refractivity contribution in [1.82, 2.24) is 0 Å². The van der Waals surface area contributed by atoms with Gasteiger partial charge in [-0.2, -0.15) is 0 Å². The second-order valence-electron chi connectivity index (χ2n) is 5.52. The number of ether oxygens (including phenoxy) is 1. The molecule has 3 amide bonds. The highest BCUT2D eigenvalue weighted by atomic mass is 19.4. The van der Waals surface area contributed by atoms with Gasteiger partial charge in [0.25, 0.3) is 5.91 Å². The molecule has 0 aromatic heterocycles. The zero-order valence-electron chi connectivity index (χ0n) is 13.9. The molecule has 0 aliphatic rings. The van der Waals surface area contributed by atoms with E-state index in [9.17, 15) is 22.8 Å². The van der Waals surface area contributed by atoms with Crippen molar-refractivity contribution in [3.05, 3.63) is 53.1 Å². The molecule has 0 heterocycles. The van der Waals surface area contributed by atoms with Crippen LogP contribution in [0.2, 0.25) is 0 Å². The van der Waals surface area contributed by atoms with Gasteiger partial charge >= 0.3 is 12.4 Å². The Hall–Kier alpha value is -3.23. The van der Waals surface area contributed by atoms with Crippen LogP contribution in [0, 0.1) is 13.8 Å². The van der Waals surface area contributed by atoms with Gasteiger partial charge in [0.1, 0.15) is 5.75 Å². The summed E-state index contributed by atoms with van der Waals surface area (Å²) < 4.78 is 40.1. The summed E-state index contributed by atoms with van der Waals surface area (Å²) >= 11 is 0. The van der Waals surface area contributed by atoms with E-state index in [1.54, 1.807) is 26.0 Å². The number of alkyl halides is 3. The van der Waals surface area contributed by atoms with Crippen molar-refractivity contribution < 1.29 is 27.5 Å².